The van der Waals surface area contributed by atoms with E-state index in [1.807, 2.05) is 0 Å². The van der Waals surface area contributed by atoms with Crippen LogP contribution in [0.2, 0.25) is 0 Å². The van der Waals surface area contributed by atoms with Gasteiger partial charge in [0.25, 0.3) is 0 Å². The number of para-hydroxylation sites is 2. The van der Waals surface area contributed by atoms with Crippen molar-refractivity contribution in [2.75, 3.05) is 0 Å². The van der Waals surface area contributed by atoms with Gasteiger partial charge in [0.05, 0.1) is 0 Å². The van der Waals surface area contributed by atoms with Crippen LogP contribution >= 0.6 is 0 Å². The lowest BCUT2D eigenvalue weighted by Gasteiger charge is -2.05. The van der Waals surface area contributed by atoms with Crippen molar-refractivity contribution in [2.24, 2.45) is 0 Å². The molecule has 0 spiro atoms. The summed E-state index contributed by atoms with van der Waals surface area (Å²) in [6.07, 6.45) is 4.93. The minimum absolute atomic E-state index is 0.0568. The van der Waals surface area contributed by atoms with Crippen LogP contribution < -0.4 is 4.74 Å². The first-order valence-corrected chi connectivity index (χ1v) is 6.74. The Kier molecular flexibility index (Phi) is 5.30. The fourth-order valence-corrected chi connectivity index (χ4v) is 1.80. The molecule has 2 aromatic rings. The molecule has 2 aromatic carbocycles. The van der Waals surface area contributed by atoms with Gasteiger partial charge < -0.3 is 14.9 Å². The SMILES string of the molecule is O=C(O)C=Cc1ccccc1OC(=O)C=Cc1ccccc1O. The zero-order valence-electron chi connectivity index (χ0n) is 12.0. The molecule has 0 unspecified atom stereocenters. The van der Waals surface area contributed by atoms with Crippen molar-refractivity contribution in [3.8, 4) is 11.5 Å². The van der Waals surface area contributed by atoms with E-state index in [1.54, 1.807) is 42.5 Å². The van der Waals surface area contributed by atoms with E-state index in [1.165, 1.54) is 24.3 Å². The molecule has 0 aliphatic rings. The number of carbonyl (C=O) groups is 2. The Labute approximate surface area is 132 Å². The molecule has 0 saturated carbocycles. The van der Waals surface area contributed by atoms with Crippen molar-refractivity contribution >= 4 is 24.1 Å². The molecule has 0 bridgehead atoms. The third-order valence-electron chi connectivity index (χ3n) is 2.87. The predicted molar refractivity (Wildman–Crippen MR) is 85.9 cm³/mol. The maximum absolute atomic E-state index is 11.9. The molecule has 116 valence electrons. The van der Waals surface area contributed by atoms with E-state index in [0.29, 0.717) is 11.1 Å². The maximum atomic E-state index is 11.9. The van der Waals surface area contributed by atoms with Crippen molar-refractivity contribution in [2.45, 2.75) is 0 Å². The molecule has 0 aromatic heterocycles. The predicted octanol–water partition coefficient (Wildman–Crippen LogP) is 3.11. The largest absolute Gasteiger partial charge is 0.507 e. The van der Waals surface area contributed by atoms with Gasteiger partial charge in [0, 0.05) is 23.3 Å². The van der Waals surface area contributed by atoms with Crippen LogP contribution in [-0.2, 0) is 9.59 Å². The Morgan fingerprint density at radius 3 is 2.17 bits per heavy atom. The van der Waals surface area contributed by atoms with Gasteiger partial charge in [-0.2, -0.15) is 0 Å². The van der Waals surface area contributed by atoms with Gasteiger partial charge in [0.15, 0.2) is 0 Å². The normalized spacial score (nSPS) is 11.0. The van der Waals surface area contributed by atoms with E-state index in [4.69, 9.17) is 9.84 Å². The molecule has 0 aliphatic heterocycles. The zero-order chi connectivity index (χ0) is 16.7. The van der Waals surface area contributed by atoms with Gasteiger partial charge in [-0.15, -0.1) is 0 Å². The van der Waals surface area contributed by atoms with E-state index < -0.39 is 11.9 Å². The van der Waals surface area contributed by atoms with Crippen LogP contribution in [0.5, 0.6) is 11.5 Å². The molecule has 23 heavy (non-hydrogen) atoms. The number of carboxylic acids is 1. The number of ether oxygens (including phenoxy) is 1. The molecule has 5 heteroatoms. The van der Waals surface area contributed by atoms with Gasteiger partial charge in [-0.25, -0.2) is 9.59 Å². The van der Waals surface area contributed by atoms with Gasteiger partial charge in [-0.1, -0.05) is 36.4 Å². The molecular formula is C18H14O5. The van der Waals surface area contributed by atoms with Crippen LogP contribution in [0.1, 0.15) is 11.1 Å². The summed E-state index contributed by atoms with van der Waals surface area (Å²) >= 11 is 0. The quantitative estimate of drug-likeness (QED) is 0.503. The molecule has 0 fully saturated rings. The number of benzene rings is 2. The maximum Gasteiger partial charge on any atom is 0.336 e. The Bertz CT molecular complexity index is 774. The number of phenols is 1. The average molecular weight is 310 g/mol. The average Bonchev–Trinajstić information content (AvgIpc) is 2.53. The summed E-state index contributed by atoms with van der Waals surface area (Å²) in [6, 6.07) is 13.2. The summed E-state index contributed by atoms with van der Waals surface area (Å²) in [5, 5.41) is 18.3. The van der Waals surface area contributed by atoms with Gasteiger partial charge >= 0.3 is 11.9 Å². The fourth-order valence-electron chi connectivity index (χ4n) is 1.80. The molecule has 2 rings (SSSR count). The second kappa shape index (κ2) is 7.61. The van der Waals surface area contributed by atoms with Crippen LogP contribution in [0.25, 0.3) is 12.2 Å². The summed E-state index contributed by atoms with van der Waals surface area (Å²) < 4.78 is 5.19. The van der Waals surface area contributed by atoms with Gasteiger partial charge in [-0.05, 0) is 24.3 Å². The monoisotopic (exact) mass is 310 g/mol. The van der Waals surface area contributed by atoms with E-state index in [2.05, 4.69) is 0 Å². The molecule has 0 aliphatic carbocycles. The topological polar surface area (TPSA) is 83.8 Å². The molecular weight excluding hydrogens is 296 g/mol. The first kappa shape index (κ1) is 16.0. The number of aromatic hydroxyl groups is 1. The number of carboxylic acid groups (broad SMARTS) is 1. The van der Waals surface area contributed by atoms with Crippen LogP contribution in [0.4, 0.5) is 0 Å². The number of hydrogen-bond acceptors (Lipinski definition) is 4. The van der Waals surface area contributed by atoms with E-state index in [9.17, 15) is 14.7 Å². The molecule has 5 nitrogen and oxygen atoms in total. The minimum Gasteiger partial charge on any atom is -0.507 e. The summed E-state index contributed by atoms with van der Waals surface area (Å²) in [5.74, 6) is -1.42. The van der Waals surface area contributed by atoms with Gasteiger partial charge in [-0.3, -0.25) is 0 Å². The fraction of sp³-hybridized carbons (Fsp3) is 0. The Hall–Kier alpha value is -3.34. The molecule has 0 saturated heterocycles. The molecule has 0 radical (unpaired) electrons. The highest BCUT2D eigenvalue weighted by atomic mass is 16.5. The zero-order valence-corrected chi connectivity index (χ0v) is 12.0. The first-order chi connectivity index (χ1) is 11.1. The van der Waals surface area contributed by atoms with Crippen LogP contribution in [0, 0.1) is 0 Å². The smallest absolute Gasteiger partial charge is 0.336 e. The number of aliphatic carboxylic acids is 1. The lowest BCUT2D eigenvalue weighted by molar-refractivity contribution is -0.131. The third kappa shape index (κ3) is 4.86. The molecule has 2 N–H and O–H groups in total. The van der Waals surface area contributed by atoms with E-state index in [0.717, 1.165) is 6.08 Å². The summed E-state index contributed by atoms with van der Waals surface area (Å²) in [6.45, 7) is 0. The standard InChI is InChI=1S/C18H14O5/c19-15-7-3-1-5-13(15)10-12-18(22)23-16-8-4-2-6-14(16)9-11-17(20)21/h1-12,19H,(H,20,21). The minimum atomic E-state index is -1.09. The second-order valence-corrected chi connectivity index (χ2v) is 4.52. The van der Waals surface area contributed by atoms with E-state index in [-0.39, 0.29) is 11.5 Å². The van der Waals surface area contributed by atoms with Crippen molar-refractivity contribution in [1.82, 2.24) is 0 Å². The van der Waals surface area contributed by atoms with Crippen molar-refractivity contribution in [3.05, 3.63) is 71.8 Å². The number of hydrogen-bond donors (Lipinski definition) is 2. The molecule has 0 atom stereocenters. The summed E-state index contributed by atoms with van der Waals surface area (Å²) in [4.78, 5) is 22.4. The summed E-state index contributed by atoms with van der Waals surface area (Å²) in [7, 11) is 0. The molecule has 0 heterocycles. The van der Waals surface area contributed by atoms with Gasteiger partial charge in [0.2, 0.25) is 0 Å². The van der Waals surface area contributed by atoms with Crippen LogP contribution in [0.15, 0.2) is 60.7 Å². The summed E-state index contributed by atoms with van der Waals surface area (Å²) in [5.41, 5.74) is 0.961. The lowest BCUT2D eigenvalue weighted by Crippen LogP contribution is -2.04. The van der Waals surface area contributed by atoms with Crippen LogP contribution in [0.3, 0.4) is 0 Å². The highest BCUT2D eigenvalue weighted by molar-refractivity contribution is 5.90. The highest BCUT2D eigenvalue weighted by Crippen LogP contribution is 2.20. The Morgan fingerprint density at radius 2 is 1.48 bits per heavy atom. The highest BCUT2D eigenvalue weighted by Gasteiger charge is 2.05. The van der Waals surface area contributed by atoms with Crippen molar-refractivity contribution in [3.63, 3.8) is 0 Å². The number of phenolic OH excluding ortho intramolecular Hbond substituents is 1. The Balaban J connectivity index is 2.12. The number of carbonyl (C=O) groups excluding carboxylic acids is 1. The number of esters is 1. The van der Waals surface area contributed by atoms with Crippen molar-refractivity contribution < 1.29 is 24.5 Å². The van der Waals surface area contributed by atoms with Crippen molar-refractivity contribution in [1.29, 1.82) is 0 Å². The van der Waals surface area contributed by atoms with E-state index >= 15 is 0 Å². The molecule has 0 amide bonds. The van der Waals surface area contributed by atoms with Crippen LogP contribution in [-0.4, -0.2) is 22.2 Å². The number of rotatable bonds is 5. The van der Waals surface area contributed by atoms with Gasteiger partial charge in [0.1, 0.15) is 11.5 Å². The Morgan fingerprint density at radius 1 is 0.870 bits per heavy atom. The third-order valence-corrected chi connectivity index (χ3v) is 2.87. The first-order valence-electron chi connectivity index (χ1n) is 6.74. The second-order valence-electron chi connectivity index (χ2n) is 4.52. The lowest BCUT2D eigenvalue weighted by atomic mass is 10.2.